The van der Waals surface area contributed by atoms with E-state index in [9.17, 15) is 19.7 Å². The molecular weight excluding hydrogens is 520 g/mol. The molecule has 0 radical (unpaired) electrons. The SMILES string of the molecule is O=C(Cc1nnc(NC(=O)c2ccc([N+](=O)[O-])cc2)s1)N/N=C\c1cc2c(cc1Br)OCO2. The maximum absolute atomic E-state index is 12.2. The Morgan fingerprint density at radius 3 is 2.67 bits per heavy atom. The van der Waals surface area contributed by atoms with Crippen LogP contribution in [0.3, 0.4) is 0 Å². The molecule has 2 amide bonds. The number of ether oxygens (including phenoxy) is 2. The van der Waals surface area contributed by atoms with Crippen LogP contribution in [0.2, 0.25) is 0 Å². The number of anilines is 1. The van der Waals surface area contributed by atoms with Gasteiger partial charge in [0, 0.05) is 27.7 Å². The lowest BCUT2D eigenvalue weighted by Crippen LogP contribution is -2.19. The minimum absolute atomic E-state index is 0.0925. The molecule has 0 spiro atoms. The number of benzene rings is 2. The number of nitrogens with one attached hydrogen (secondary N) is 2. The molecule has 14 heteroatoms. The van der Waals surface area contributed by atoms with Crippen molar-refractivity contribution in [2.75, 3.05) is 12.1 Å². The zero-order valence-electron chi connectivity index (χ0n) is 16.5. The molecule has 2 heterocycles. The molecule has 0 saturated carbocycles. The average molecular weight is 533 g/mol. The Kier molecular flexibility index (Phi) is 6.55. The summed E-state index contributed by atoms with van der Waals surface area (Å²) in [6, 6.07) is 8.60. The number of non-ortho nitro benzene ring substituents is 1. The van der Waals surface area contributed by atoms with E-state index in [0.717, 1.165) is 15.8 Å². The number of nitro benzene ring substituents is 1. The normalized spacial score (nSPS) is 12.0. The quantitative estimate of drug-likeness (QED) is 0.267. The van der Waals surface area contributed by atoms with Crippen LogP contribution in [0.1, 0.15) is 20.9 Å². The van der Waals surface area contributed by atoms with Crippen LogP contribution < -0.4 is 20.2 Å². The molecule has 0 unspecified atom stereocenters. The molecule has 0 aliphatic carbocycles. The zero-order chi connectivity index (χ0) is 23.4. The van der Waals surface area contributed by atoms with Crippen molar-refractivity contribution in [3.05, 3.63) is 67.1 Å². The summed E-state index contributed by atoms with van der Waals surface area (Å²) in [7, 11) is 0. The summed E-state index contributed by atoms with van der Waals surface area (Å²) in [4.78, 5) is 34.5. The predicted molar refractivity (Wildman–Crippen MR) is 121 cm³/mol. The van der Waals surface area contributed by atoms with Crippen LogP contribution in [-0.4, -0.2) is 39.9 Å². The van der Waals surface area contributed by atoms with Gasteiger partial charge in [0.2, 0.25) is 17.8 Å². The Bertz CT molecular complexity index is 1260. The highest BCUT2D eigenvalue weighted by molar-refractivity contribution is 9.10. The lowest BCUT2D eigenvalue weighted by Gasteiger charge is -2.02. The van der Waals surface area contributed by atoms with Gasteiger partial charge in [-0.05, 0) is 40.2 Å². The van der Waals surface area contributed by atoms with E-state index in [1.54, 1.807) is 12.1 Å². The third-order valence-corrected chi connectivity index (χ3v) is 5.75. The molecule has 1 aliphatic rings. The third kappa shape index (κ3) is 5.48. The second-order valence-corrected chi connectivity index (χ2v) is 8.37. The fourth-order valence-corrected chi connectivity index (χ4v) is 3.82. The van der Waals surface area contributed by atoms with Gasteiger partial charge in [-0.2, -0.15) is 5.10 Å². The fourth-order valence-electron chi connectivity index (χ4n) is 2.66. The van der Waals surface area contributed by atoms with Gasteiger partial charge in [-0.15, -0.1) is 10.2 Å². The van der Waals surface area contributed by atoms with E-state index in [2.05, 4.69) is 42.0 Å². The van der Waals surface area contributed by atoms with Gasteiger partial charge in [-0.25, -0.2) is 5.43 Å². The molecule has 0 atom stereocenters. The topological polar surface area (TPSA) is 158 Å². The maximum atomic E-state index is 12.2. The number of hydrogen-bond acceptors (Lipinski definition) is 10. The molecule has 1 aliphatic heterocycles. The van der Waals surface area contributed by atoms with Crippen molar-refractivity contribution in [3.8, 4) is 11.5 Å². The van der Waals surface area contributed by atoms with Crippen molar-refractivity contribution in [2.45, 2.75) is 6.42 Å². The minimum atomic E-state index is -0.554. The first-order chi connectivity index (χ1) is 15.9. The van der Waals surface area contributed by atoms with Gasteiger partial charge >= 0.3 is 0 Å². The minimum Gasteiger partial charge on any atom is -0.454 e. The van der Waals surface area contributed by atoms with Gasteiger partial charge in [-0.1, -0.05) is 11.3 Å². The lowest BCUT2D eigenvalue weighted by atomic mass is 10.2. The van der Waals surface area contributed by atoms with E-state index >= 15 is 0 Å². The van der Waals surface area contributed by atoms with Crippen molar-refractivity contribution in [3.63, 3.8) is 0 Å². The second-order valence-electron chi connectivity index (χ2n) is 6.46. The number of carbonyl (C=O) groups is 2. The average Bonchev–Trinajstić information content (AvgIpc) is 3.42. The molecule has 0 saturated heterocycles. The summed E-state index contributed by atoms with van der Waals surface area (Å²) in [6.07, 6.45) is 1.37. The number of hydrazone groups is 1. The highest BCUT2D eigenvalue weighted by atomic mass is 79.9. The number of fused-ring (bicyclic) bond motifs is 1. The number of hydrogen-bond donors (Lipinski definition) is 2. The van der Waals surface area contributed by atoms with Crippen molar-refractivity contribution < 1.29 is 24.0 Å². The molecule has 0 bridgehead atoms. The van der Waals surface area contributed by atoms with Gasteiger partial charge in [-0.3, -0.25) is 25.0 Å². The number of aromatic nitrogens is 2. The number of carbonyl (C=O) groups excluding carboxylic acids is 2. The van der Waals surface area contributed by atoms with Crippen LogP contribution in [0.15, 0.2) is 46.0 Å². The predicted octanol–water partition coefficient (Wildman–Crippen LogP) is 2.88. The first kappa shape index (κ1) is 22.3. The van der Waals surface area contributed by atoms with Gasteiger partial charge < -0.3 is 9.47 Å². The van der Waals surface area contributed by atoms with Crippen molar-refractivity contribution in [2.24, 2.45) is 5.10 Å². The smallest absolute Gasteiger partial charge is 0.269 e. The number of nitrogens with zero attached hydrogens (tertiary/aromatic N) is 4. The Balaban J connectivity index is 1.30. The van der Waals surface area contributed by atoms with Crippen molar-refractivity contribution in [1.29, 1.82) is 0 Å². The number of amides is 2. The second kappa shape index (κ2) is 9.70. The van der Waals surface area contributed by atoms with Crippen LogP contribution in [-0.2, 0) is 11.2 Å². The van der Waals surface area contributed by atoms with Gasteiger partial charge in [0.25, 0.3) is 11.6 Å². The van der Waals surface area contributed by atoms with Crippen molar-refractivity contribution in [1.82, 2.24) is 15.6 Å². The zero-order valence-corrected chi connectivity index (χ0v) is 18.9. The van der Waals surface area contributed by atoms with E-state index in [1.807, 2.05) is 0 Å². The van der Waals surface area contributed by atoms with Gasteiger partial charge in [0.15, 0.2) is 11.5 Å². The highest BCUT2D eigenvalue weighted by Crippen LogP contribution is 2.36. The van der Waals surface area contributed by atoms with Crippen LogP contribution in [0.25, 0.3) is 0 Å². The van der Waals surface area contributed by atoms with Crippen LogP contribution in [0, 0.1) is 10.1 Å². The fraction of sp³-hybridized carbons (Fsp3) is 0.105. The highest BCUT2D eigenvalue weighted by Gasteiger charge is 2.16. The molecule has 2 N–H and O–H groups in total. The summed E-state index contributed by atoms with van der Waals surface area (Å²) >= 11 is 4.42. The number of halogens is 1. The molecular formula is C19H13BrN6O6S. The summed E-state index contributed by atoms with van der Waals surface area (Å²) < 4.78 is 11.3. The summed E-state index contributed by atoms with van der Waals surface area (Å²) in [5.41, 5.74) is 3.19. The Labute approximate surface area is 197 Å². The first-order valence-electron chi connectivity index (χ1n) is 9.18. The van der Waals surface area contributed by atoms with E-state index in [4.69, 9.17) is 9.47 Å². The molecule has 12 nitrogen and oxygen atoms in total. The molecule has 168 valence electrons. The summed E-state index contributed by atoms with van der Waals surface area (Å²) in [5, 5.41) is 25.4. The van der Waals surface area contributed by atoms with Crippen LogP contribution in [0.4, 0.5) is 10.8 Å². The Morgan fingerprint density at radius 2 is 1.94 bits per heavy atom. The summed E-state index contributed by atoms with van der Waals surface area (Å²) in [6.45, 7) is 0.150. The Morgan fingerprint density at radius 1 is 1.21 bits per heavy atom. The van der Waals surface area contributed by atoms with Crippen LogP contribution >= 0.6 is 27.3 Å². The van der Waals surface area contributed by atoms with E-state index in [1.165, 1.54) is 30.5 Å². The largest absolute Gasteiger partial charge is 0.454 e. The van der Waals surface area contributed by atoms with Gasteiger partial charge in [0.1, 0.15) is 5.01 Å². The third-order valence-electron chi connectivity index (χ3n) is 4.22. The molecule has 1 aromatic heterocycles. The van der Waals surface area contributed by atoms with Gasteiger partial charge in [0.05, 0.1) is 17.6 Å². The van der Waals surface area contributed by atoms with Crippen LogP contribution in [0.5, 0.6) is 11.5 Å². The summed E-state index contributed by atoms with van der Waals surface area (Å²) in [5.74, 6) is 0.280. The number of nitro groups is 1. The molecule has 4 rings (SSSR count). The lowest BCUT2D eigenvalue weighted by molar-refractivity contribution is -0.384. The molecule has 2 aromatic carbocycles. The Hall–Kier alpha value is -3.91. The van der Waals surface area contributed by atoms with Crippen molar-refractivity contribution >= 4 is 56.1 Å². The first-order valence-corrected chi connectivity index (χ1v) is 10.8. The van der Waals surface area contributed by atoms with E-state index < -0.39 is 16.7 Å². The maximum Gasteiger partial charge on any atom is 0.269 e. The molecule has 33 heavy (non-hydrogen) atoms. The number of rotatable bonds is 7. The molecule has 0 fully saturated rings. The van der Waals surface area contributed by atoms with E-state index in [0.29, 0.717) is 22.1 Å². The standard InChI is InChI=1S/C19H13BrN6O6S/c20-13-6-15-14(31-9-32-15)5-11(13)8-21-23-16(27)7-17-24-25-19(33-17)22-18(28)10-1-3-12(4-2-10)26(29)30/h1-6,8H,7,9H2,(H,23,27)(H,22,25,28)/b21-8-. The monoisotopic (exact) mass is 532 g/mol. The molecule has 3 aromatic rings. The van der Waals surface area contributed by atoms with E-state index in [-0.39, 0.29) is 29.6 Å².